The Hall–Kier alpha value is -1.40. The van der Waals surface area contributed by atoms with E-state index in [9.17, 15) is 9.90 Å². The number of hydrogen-bond donors (Lipinski definition) is 1. The third kappa shape index (κ3) is 2.70. The van der Waals surface area contributed by atoms with E-state index in [0.29, 0.717) is 25.7 Å². The molecule has 0 saturated carbocycles. The topological polar surface area (TPSA) is 67.6 Å². The summed E-state index contributed by atoms with van der Waals surface area (Å²) in [5.41, 5.74) is 1.04. The molecular formula is C12H19N3O3. The number of rotatable bonds is 4. The number of imidazole rings is 1. The fourth-order valence-electron chi connectivity index (χ4n) is 2.18. The zero-order valence-electron chi connectivity index (χ0n) is 10.7. The summed E-state index contributed by atoms with van der Waals surface area (Å²) in [7, 11) is 0. The summed E-state index contributed by atoms with van der Waals surface area (Å²) in [5.74, 6) is -0.828. The van der Waals surface area contributed by atoms with Gasteiger partial charge in [0.25, 0.3) is 0 Å². The van der Waals surface area contributed by atoms with Crippen molar-refractivity contribution in [3.8, 4) is 0 Å². The molecule has 18 heavy (non-hydrogen) atoms. The third-order valence-corrected chi connectivity index (χ3v) is 3.19. The van der Waals surface area contributed by atoms with Gasteiger partial charge in [-0.15, -0.1) is 0 Å². The van der Waals surface area contributed by atoms with E-state index in [1.165, 1.54) is 0 Å². The standard InChI is InChI=1S/C12H19N3O3/c1-9(2)15-8-13-5-10(15)6-14-3-4-18-7-11(14)12(16)17/h5,8-9,11H,3-4,6-7H2,1-2H3,(H,16,17). The zero-order valence-corrected chi connectivity index (χ0v) is 10.7. The first-order chi connectivity index (χ1) is 8.59. The van der Waals surface area contributed by atoms with E-state index in [2.05, 4.69) is 23.4 Å². The van der Waals surface area contributed by atoms with Crippen LogP contribution in [-0.4, -0.2) is 51.3 Å². The molecular weight excluding hydrogens is 234 g/mol. The molecule has 1 aromatic heterocycles. The first-order valence-electron chi connectivity index (χ1n) is 6.15. The average Bonchev–Trinajstić information content (AvgIpc) is 2.77. The number of carbonyl (C=O) groups is 1. The Labute approximate surface area is 106 Å². The number of morpholine rings is 1. The Morgan fingerprint density at radius 2 is 2.44 bits per heavy atom. The van der Waals surface area contributed by atoms with E-state index >= 15 is 0 Å². The number of carboxylic acid groups (broad SMARTS) is 1. The molecule has 0 amide bonds. The summed E-state index contributed by atoms with van der Waals surface area (Å²) in [4.78, 5) is 17.2. The summed E-state index contributed by atoms with van der Waals surface area (Å²) < 4.78 is 7.29. The molecule has 1 unspecified atom stereocenters. The zero-order chi connectivity index (χ0) is 13.1. The van der Waals surface area contributed by atoms with Crippen LogP contribution in [0.2, 0.25) is 0 Å². The first-order valence-corrected chi connectivity index (χ1v) is 6.15. The molecule has 1 aliphatic rings. The Bertz CT molecular complexity index is 416. The molecule has 0 aromatic carbocycles. The molecule has 0 bridgehead atoms. The Kier molecular flexibility index (Phi) is 3.98. The van der Waals surface area contributed by atoms with Crippen molar-refractivity contribution in [2.45, 2.75) is 32.5 Å². The monoisotopic (exact) mass is 253 g/mol. The molecule has 6 heteroatoms. The van der Waals surface area contributed by atoms with Crippen LogP contribution >= 0.6 is 0 Å². The highest BCUT2D eigenvalue weighted by molar-refractivity contribution is 5.73. The molecule has 1 atom stereocenters. The van der Waals surface area contributed by atoms with Crippen LogP contribution in [0.4, 0.5) is 0 Å². The smallest absolute Gasteiger partial charge is 0.323 e. The quantitative estimate of drug-likeness (QED) is 0.857. The van der Waals surface area contributed by atoms with Crippen LogP contribution < -0.4 is 0 Å². The second kappa shape index (κ2) is 5.49. The molecule has 2 heterocycles. The maximum absolute atomic E-state index is 11.2. The highest BCUT2D eigenvalue weighted by Crippen LogP contribution is 2.15. The number of hydrogen-bond acceptors (Lipinski definition) is 4. The molecule has 0 aliphatic carbocycles. The van der Waals surface area contributed by atoms with E-state index in [-0.39, 0.29) is 6.61 Å². The predicted octanol–water partition coefficient (Wildman–Crippen LogP) is 0.749. The number of ether oxygens (including phenoxy) is 1. The van der Waals surface area contributed by atoms with Crippen LogP contribution in [0.25, 0.3) is 0 Å². The number of aromatic nitrogens is 2. The maximum Gasteiger partial charge on any atom is 0.323 e. The molecule has 1 aliphatic heterocycles. The predicted molar refractivity (Wildman–Crippen MR) is 65.3 cm³/mol. The Morgan fingerprint density at radius 1 is 1.67 bits per heavy atom. The van der Waals surface area contributed by atoms with Gasteiger partial charge in [0.05, 0.1) is 25.2 Å². The van der Waals surface area contributed by atoms with Crippen LogP contribution in [-0.2, 0) is 16.1 Å². The van der Waals surface area contributed by atoms with Crippen molar-refractivity contribution in [1.29, 1.82) is 0 Å². The minimum absolute atomic E-state index is 0.255. The van der Waals surface area contributed by atoms with Gasteiger partial charge in [-0.2, -0.15) is 0 Å². The van der Waals surface area contributed by atoms with Crippen molar-refractivity contribution in [1.82, 2.24) is 14.5 Å². The maximum atomic E-state index is 11.2. The van der Waals surface area contributed by atoms with Gasteiger partial charge < -0.3 is 14.4 Å². The minimum Gasteiger partial charge on any atom is -0.480 e. The van der Waals surface area contributed by atoms with Gasteiger partial charge in [-0.3, -0.25) is 9.69 Å². The number of aliphatic carboxylic acids is 1. The number of nitrogens with zero attached hydrogens (tertiary/aromatic N) is 3. The lowest BCUT2D eigenvalue weighted by Crippen LogP contribution is -2.49. The van der Waals surface area contributed by atoms with Gasteiger partial charge >= 0.3 is 5.97 Å². The van der Waals surface area contributed by atoms with Gasteiger partial charge in [-0.25, -0.2) is 4.98 Å². The van der Waals surface area contributed by atoms with Gasteiger partial charge in [-0.05, 0) is 13.8 Å². The van der Waals surface area contributed by atoms with E-state index in [4.69, 9.17) is 4.74 Å². The second-order valence-corrected chi connectivity index (χ2v) is 4.79. The van der Waals surface area contributed by atoms with Crippen molar-refractivity contribution in [2.75, 3.05) is 19.8 Å². The fraction of sp³-hybridized carbons (Fsp3) is 0.667. The summed E-state index contributed by atoms with van der Waals surface area (Å²) in [5, 5.41) is 9.17. The van der Waals surface area contributed by atoms with Crippen molar-refractivity contribution in [2.24, 2.45) is 0 Å². The van der Waals surface area contributed by atoms with Crippen molar-refractivity contribution in [3.05, 3.63) is 18.2 Å². The first kappa shape index (κ1) is 13.0. The average molecular weight is 253 g/mol. The van der Waals surface area contributed by atoms with E-state index in [1.807, 2.05) is 4.90 Å². The summed E-state index contributed by atoms with van der Waals surface area (Å²) in [6.07, 6.45) is 3.59. The number of carboxylic acids is 1. The highest BCUT2D eigenvalue weighted by atomic mass is 16.5. The minimum atomic E-state index is -0.828. The molecule has 0 radical (unpaired) electrons. The van der Waals surface area contributed by atoms with Crippen LogP contribution in [0.5, 0.6) is 0 Å². The lowest BCUT2D eigenvalue weighted by molar-refractivity contribution is -0.150. The lowest BCUT2D eigenvalue weighted by atomic mass is 10.2. The van der Waals surface area contributed by atoms with Crippen molar-refractivity contribution < 1.29 is 14.6 Å². The van der Waals surface area contributed by atoms with Crippen molar-refractivity contribution in [3.63, 3.8) is 0 Å². The molecule has 1 fully saturated rings. The van der Waals surface area contributed by atoms with Gasteiger partial charge in [-0.1, -0.05) is 0 Å². The Balaban J connectivity index is 2.11. The highest BCUT2D eigenvalue weighted by Gasteiger charge is 2.29. The van der Waals surface area contributed by atoms with Crippen LogP contribution in [0.1, 0.15) is 25.6 Å². The molecule has 1 aromatic rings. The molecule has 6 nitrogen and oxygen atoms in total. The van der Waals surface area contributed by atoms with E-state index in [0.717, 1.165) is 5.69 Å². The van der Waals surface area contributed by atoms with E-state index in [1.54, 1.807) is 12.5 Å². The van der Waals surface area contributed by atoms with Crippen molar-refractivity contribution >= 4 is 5.97 Å². The normalized spacial score (nSPS) is 21.4. The molecule has 100 valence electrons. The van der Waals surface area contributed by atoms with Gasteiger partial charge in [0, 0.05) is 25.3 Å². The fourth-order valence-corrected chi connectivity index (χ4v) is 2.18. The van der Waals surface area contributed by atoms with Gasteiger partial charge in [0.2, 0.25) is 0 Å². The SMILES string of the molecule is CC(C)n1cncc1CN1CCOCC1C(=O)O. The molecule has 1 saturated heterocycles. The van der Waals surface area contributed by atoms with Gasteiger partial charge in [0.15, 0.2) is 0 Å². The summed E-state index contributed by atoms with van der Waals surface area (Å²) in [6.45, 7) is 6.24. The molecule has 1 N–H and O–H groups in total. The largest absolute Gasteiger partial charge is 0.480 e. The van der Waals surface area contributed by atoms with Gasteiger partial charge in [0.1, 0.15) is 6.04 Å². The van der Waals surface area contributed by atoms with Crippen LogP contribution in [0.15, 0.2) is 12.5 Å². The van der Waals surface area contributed by atoms with E-state index < -0.39 is 12.0 Å². The molecule has 0 spiro atoms. The Morgan fingerprint density at radius 3 is 3.11 bits per heavy atom. The summed E-state index contributed by atoms with van der Waals surface area (Å²) >= 11 is 0. The summed E-state index contributed by atoms with van der Waals surface area (Å²) in [6, 6.07) is -0.235. The van der Waals surface area contributed by atoms with Crippen LogP contribution in [0.3, 0.4) is 0 Å². The second-order valence-electron chi connectivity index (χ2n) is 4.79. The molecule has 2 rings (SSSR count). The lowest BCUT2D eigenvalue weighted by Gasteiger charge is -2.33. The third-order valence-electron chi connectivity index (χ3n) is 3.19. The van der Waals surface area contributed by atoms with Crippen LogP contribution in [0, 0.1) is 0 Å².